The standard InChI is InChI=1S/C13H20N2/c1-10(8-12-5-6-12)15-9-13-4-3-7-14-11(13)2/h3-4,7,10,12,15H,5-6,8-9H2,1-2H3. The van der Waals surface area contributed by atoms with Gasteiger partial charge in [-0.25, -0.2) is 0 Å². The van der Waals surface area contributed by atoms with Crippen molar-refractivity contribution in [3.05, 3.63) is 29.6 Å². The van der Waals surface area contributed by atoms with Crippen molar-refractivity contribution in [2.24, 2.45) is 5.92 Å². The van der Waals surface area contributed by atoms with Crippen molar-refractivity contribution in [2.75, 3.05) is 0 Å². The highest BCUT2D eigenvalue weighted by atomic mass is 14.9. The van der Waals surface area contributed by atoms with Gasteiger partial charge in [-0.05, 0) is 37.8 Å². The number of aryl methyl sites for hydroxylation is 1. The molecule has 2 rings (SSSR count). The number of nitrogens with zero attached hydrogens (tertiary/aromatic N) is 1. The summed E-state index contributed by atoms with van der Waals surface area (Å²) in [6.07, 6.45) is 6.07. The van der Waals surface area contributed by atoms with E-state index in [0.29, 0.717) is 6.04 Å². The molecular formula is C13H20N2. The monoisotopic (exact) mass is 204 g/mol. The molecule has 0 amide bonds. The highest BCUT2D eigenvalue weighted by Crippen LogP contribution is 2.33. The summed E-state index contributed by atoms with van der Waals surface area (Å²) in [5.41, 5.74) is 2.46. The first-order valence-corrected chi connectivity index (χ1v) is 5.89. The molecule has 0 saturated heterocycles. The van der Waals surface area contributed by atoms with E-state index in [4.69, 9.17) is 0 Å². The Kier molecular flexibility index (Phi) is 3.37. The predicted molar refractivity (Wildman–Crippen MR) is 62.6 cm³/mol. The van der Waals surface area contributed by atoms with Crippen LogP contribution in [0.3, 0.4) is 0 Å². The maximum Gasteiger partial charge on any atom is 0.0417 e. The molecular weight excluding hydrogens is 184 g/mol. The first-order valence-electron chi connectivity index (χ1n) is 5.89. The minimum absolute atomic E-state index is 0.636. The Morgan fingerprint density at radius 2 is 2.33 bits per heavy atom. The number of pyridine rings is 1. The lowest BCUT2D eigenvalue weighted by atomic mass is 10.1. The molecule has 0 spiro atoms. The summed E-state index contributed by atoms with van der Waals surface area (Å²) in [4.78, 5) is 4.29. The van der Waals surface area contributed by atoms with Gasteiger partial charge in [0.25, 0.3) is 0 Å². The zero-order valence-electron chi connectivity index (χ0n) is 9.66. The van der Waals surface area contributed by atoms with Crippen LogP contribution in [0.1, 0.15) is 37.4 Å². The molecule has 0 radical (unpaired) electrons. The second-order valence-corrected chi connectivity index (χ2v) is 4.71. The van der Waals surface area contributed by atoms with Crippen LogP contribution in [0.25, 0.3) is 0 Å². The predicted octanol–water partition coefficient (Wildman–Crippen LogP) is 2.67. The first-order chi connectivity index (χ1) is 7.25. The molecule has 82 valence electrons. The molecule has 1 aromatic heterocycles. The quantitative estimate of drug-likeness (QED) is 0.797. The van der Waals surface area contributed by atoms with Crippen molar-refractivity contribution >= 4 is 0 Å². The van der Waals surface area contributed by atoms with Gasteiger partial charge in [-0.2, -0.15) is 0 Å². The molecule has 1 aromatic rings. The van der Waals surface area contributed by atoms with Crippen LogP contribution < -0.4 is 5.32 Å². The molecule has 0 aliphatic heterocycles. The van der Waals surface area contributed by atoms with Crippen molar-refractivity contribution in [1.29, 1.82) is 0 Å². The van der Waals surface area contributed by atoms with E-state index in [1.165, 1.54) is 24.8 Å². The van der Waals surface area contributed by atoms with Gasteiger partial charge in [0.2, 0.25) is 0 Å². The molecule has 2 heteroatoms. The van der Waals surface area contributed by atoms with Crippen LogP contribution in [0.15, 0.2) is 18.3 Å². The van der Waals surface area contributed by atoms with Crippen LogP contribution in [0.5, 0.6) is 0 Å². The Balaban J connectivity index is 1.78. The molecule has 1 aliphatic carbocycles. The first kappa shape index (κ1) is 10.6. The summed E-state index contributed by atoms with van der Waals surface area (Å²) in [6.45, 7) is 5.31. The minimum Gasteiger partial charge on any atom is -0.310 e. The smallest absolute Gasteiger partial charge is 0.0417 e. The lowest BCUT2D eigenvalue weighted by Crippen LogP contribution is -2.26. The molecule has 1 fully saturated rings. The van der Waals surface area contributed by atoms with E-state index < -0.39 is 0 Å². The SMILES string of the molecule is Cc1ncccc1CNC(C)CC1CC1. The third kappa shape index (κ3) is 3.31. The summed E-state index contributed by atoms with van der Waals surface area (Å²) in [5, 5.41) is 3.57. The fourth-order valence-corrected chi connectivity index (χ4v) is 1.93. The van der Waals surface area contributed by atoms with Crippen molar-refractivity contribution in [1.82, 2.24) is 10.3 Å². The summed E-state index contributed by atoms with van der Waals surface area (Å²) in [6, 6.07) is 4.80. The normalized spacial score (nSPS) is 17.7. The van der Waals surface area contributed by atoms with Gasteiger partial charge in [0.1, 0.15) is 0 Å². The van der Waals surface area contributed by atoms with Gasteiger partial charge in [0.15, 0.2) is 0 Å². The molecule has 1 aliphatic rings. The molecule has 0 bridgehead atoms. The van der Waals surface area contributed by atoms with Crippen LogP contribution in [0, 0.1) is 12.8 Å². The molecule has 1 saturated carbocycles. The van der Waals surface area contributed by atoms with Gasteiger partial charge >= 0.3 is 0 Å². The van der Waals surface area contributed by atoms with Crippen molar-refractivity contribution in [2.45, 2.75) is 45.7 Å². The van der Waals surface area contributed by atoms with E-state index in [9.17, 15) is 0 Å². The maximum absolute atomic E-state index is 4.29. The molecule has 15 heavy (non-hydrogen) atoms. The van der Waals surface area contributed by atoms with Gasteiger partial charge < -0.3 is 5.32 Å². The molecule has 1 heterocycles. The van der Waals surface area contributed by atoms with Gasteiger partial charge in [-0.1, -0.05) is 18.9 Å². The average Bonchev–Trinajstić information content (AvgIpc) is 3.00. The van der Waals surface area contributed by atoms with Crippen molar-refractivity contribution in [3.63, 3.8) is 0 Å². The second kappa shape index (κ2) is 4.75. The number of nitrogens with one attached hydrogen (secondary N) is 1. The Labute approximate surface area is 92.1 Å². The molecule has 0 aromatic carbocycles. The third-order valence-electron chi connectivity index (χ3n) is 3.14. The van der Waals surface area contributed by atoms with Crippen LogP contribution in [-0.4, -0.2) is 11.0 Å². The summed E-state index contributed by atoms with van der Waals surface area (Å²) < 4.78 is 0. The van der Waals surface area contributed by atoms with E-state index in [-0.39, 0.29) is 0 Å². The number of hydrogen-bond acceptors (Lipinski definition) is 2. The van der Waals surface area contributed by atoms with Crippen molar-refractivity contribution < 1.29 is 0 Å². The van der Waals surface area contributed by atoms with Gasteiger partial charge in [0.05, 0.1) is 0 Å². The number of aromatic nitrogens is 1. The summed E-state index contributed by atoms with van der Waals surface area (Å²) in [7, 11) is 0. The Morgan fingerprint density at radius 1 is 1.53 bits per heavy atom. The van der Waals surface area contributed by atoms with E-state index in [1.807, 2.05) is 12.3 Å². The van der Waals surface area contributed by atoms with Crippen molar-refractivity contribution in [3.8, 4) is 0 Å². The van der Waals surface area contributed by atoms with E-state index in [0.717, 1.165) is 18.2 Å². The Bertz CT molecular complexity index is 318. The van der Waals surface area contributed by atoms with Gasteiger partial charge in [-0.3, -0.25) is 4.98 Å². The maximum atomic E-state index is 4.29. The van der Waals surface area contributed by atoms with Crippen LogP contribution >= 0.6 is 0 Å². The average molecular weight is 204 g/mol. The zero-order chi connectivity index (χ0) is 10.7. The molecule has 1 N–H and O–H groups in total. The molecule has 1 unspecified atom stereocenters. The highest BCUT2D eigenvalue weighted by Gasteiger charge is 2.23. The fourth-order valence-electron chi connectivity index (χ4n) is 1.93. The highest BCUT2D eigenvalue weighted by molar-refractivity contribution is 5.17. The van der Waals surface area contributed by atoms with Gasteiger partial charge in [-0.15, -0.1) is 0 Å². The van der Waals surface area contributed by atoms with E-state index >= 15 is 0 Å². The summed E-state index contributed by atoms with van der Waals surface area (Å²) in [5.74, 6) is 1.00. The second-order valence-electron chi connectivity index (χ2n) is 4.71. The fraction of sp³-hybridized carbons (Fsp3) is 0.615. The van der Waals surface area contributed by atoms with Crippen LogP contribution in [0.2, 0.25) is 0 Å². The zero-order valence-corrected chi connectivity index (χ0v) is 9.66. The molecule has 1 atom stereocenters. The van der Waals surface area contributed by atoms with E-state index in [2.05, 4.69) is 30.2 Å². The largest absolute Gasteiger partial charge is 0.310 e. The number of hydrogen-bond donors (Lipinski definition) is 1. The lowest BCUT2D eigenvalue weighted by molar-refractivity contribution is 0.486. The minimum atomic E-state index is 0.636. The Hall–Kier alpha value is -0.890. The van der Waals surface area contributed by atoms with Crippen LogP contribution in [0.4, 0.5) is 0 Å². The van der Waals surface area contributed by atoms with Crippen LogP contribution in [-0.2, 0) is 6.54 Å². The topological polar surface area (TPSA) is 24.9 Å². The number of rotatable bonds is 5. The van der Waals surface area contributed by atoms with E-state index in [1.54, 1.807) is 0 Å². The third-order valence-corrected chi connectivity index (χ3v) is 3.14. The summed E-state index contributed by atoms with van der Waals surface area (Å²) >= 11 is 0. The Morgan fingerprint density at radius 3 is 3.00 bits per heavy atom. The molecule has 2 nitrogen and oxygen atoms in total. The van der Waals surface area contributed by atoms with Gasteiger partial charge in [0, 0.05) is 24.5 Å². The lowest BCUT2D eigenvalue weighted by Gasteiger charge is -2.13.